The molecule has 0 radical (unpaired) electrons. The fourth-order valence-electron chi connectivity index (χ4n) is 4.47. The molecule has 2 N–H and O–H groups in total. The van der Waals surface area contributed by atoms with Gasteiger partial charge in [-0.05, 0) is 43.0 Å². The summed E-state index contributed by atoms with van der Waals surface area (Å²) in [7, 11) is 1.64. The van der Waals surface area contributed by atoms with E-state index in [1.807, 2.05) is 56.0 Å². The summed E-state index contributed by atoms with van der Waals surface area (Å²) in [5.74, 6) is 2.67. The lowest BCUT2D eigenvalue weighted by molar-refractivity contribution is -0.139. The van der Waals surface area contributed by atoms with Gasteiger partial charge in [-0.3, -0.25) is 4.79 Å². The number of nitrogen functional groups attached to an aromatic ring is 1. The Labute approximate surface area is 200 Å². The molecule has 1 atom stereocenters. The molecule has 180 valence electrons. The SMILES string of the molecule is CC.COc1cc2nc(N3CCN(C(=O)C4CCc5ccccc5O4)CC3)nc(N)c2cc1C. The first-order valence-corrected chi connectivity index (χ1v) is 11.9. The first kappa shape index (κ1) is 23.6. The van der Waals surface area contributed by atoms with Crippen molar-refractivity contribution in [3.8, 4) is 11.5 Å². The highest BCUT2D eigenvalue weighted by atomic mass is 16.5. The van der Waals surface area contributed by atoms with E-state index < -0.39 is 6.10 Å². The van der Waals surface area contributed by atoms with Crippen molar-refractivity contribution >= 4 is 28.6 Å². The van der Waals surface area contributed by atoms with Crippen molar-refractivity contribution in [2.24, 2.45) is 0 Å². The third kappa shape index (κ3) is 4.58. The van der Waals surface area contributed by atoms with Crippen molar-refractivity contribution in [3.63, 3.8) is 0 Å². The summed E-state index contributed by atoms with van der Waals surface area (Å²) in [5.41, 5.74) is 9.14. The van der Waals surface area contributed by atoms with Crippen LogP contribution in [0.25, 0.3) is 10.9 Å². The minimum absolute atomic E-state index is 0.0540. The molecule has 8 heteroatoms. The van der Waals surface area contributed by atoms with Gasteiger partial charge in [0.05, 0.1) is 12.6 Å². The van der Waals surface area contributed by atoms with Crippen molar-refractivity contribution in [3.05, 3.63) is 47.5 Å². The van der Waals surface area contributed by atoms with Crippen LogP contribution in [-0.2, 0) is 11.2 Å². The van der Waals surface area contributed by atoms with E-state index in [1.54, 1.807) is 7.11 Å². The quantitative estimate of drug-likeness (QED) is 0.634. The van der Waals surface area contributed by atoms with Crippen molar-refractivity contribution < 1.29 is 14.3 Å². The van der Waals surface area contributed by atoms with Gasteiger partial charge in [-0.2, -0.15) is 4.98 Å². The van der Waals surface area contributed by atoms with Gasteiger partial charge in [0.15, 0.2) is 6.10 Å². The van der Waals surface area contributed by atoms with Crippen molar-refractivity contribution in [2.75, 3.05) is 43.9 Å². The minimum atomic E-state index is -0.417. The number of aromatic nitrogens is 2. The van der Waals surface area contributed by atoms with Crippen LogP contribution in [-0.4, -0.2) is 60.2 Å². The Bertz CT molecular complexity index is 1170. The Morgan fingerprint density at radius 2 is 1.85 bits per heavy atom. The third-order valence-corrected chi connectivity index (χ3v) is 6.30. The van der Waals surface area contributed by atoms with Crippen molar-refractivity contribution in [1.29, 1.82) is 0 Å². The van der Waals surface area contributed by atoms with Crippen LogP contribution >= 0.6 is 0 Å². The van der Waals surface area contributed by atoms with Crippen LogP contribution in [0.4, 0.5) is 11.8 Å². The number of hydrogen-bond donors (Lipinski definition) is 1. The molecule has 8 nitrogen and oxygen atoms in total. The molecule has 1 amide bonds. The van der Waals surface area contributed by atoms with Crippen molar-refractivity contribution in [2.45, 2.75) is 39.7 Å². The van der Waals surface area contributed by atoms with Gasteiger partial charge in [0.2, 0.25) is 5.95 Å². The van der Waals surface area contributed by atoms with Crippen LogP contribution in [0.1, 0.15) is 31.4 Å². The summed E-state index contributed by atoms with van der Waals surface area (Å²) in [6.07, 6.45) is 1.15. The first-order chi connectivity index (χ1) is 16.5. The summed E-state index contributed by atoms with van der Waals surface area (Å²) >= 11 is 0. The smallest absolute Gasteiger partial charge is 0.263 e. The van der Waals surface area contributed by atoms with Gasteiger partial charge in [0, 0.05) is 37.6 Å². The summed E-state index contributed by atoms with van der Waals surface area (Å²) in [5, 5.41) is 0.815. The number of fused-ring (bicyclic) bond motifs is 2. The molecule has 2 aliphatic heterocycles. The Hall–Kier alpha value is -3.55. The number of amides is 1. The van der Waals surface area contributed by atoms with Crippen LogP contribution in [0.5, 0.6) is 11.5 Å². The fourth-order valence-corrected chi connectivity index (χ4v) is 4.47. The molecule has 3 aromatic rings. The molecule has 34 heavy (non-hydrogen) atoms. The number of piperazine rings is 1. The van der Waals surface area contributed by atoms with Gasteiger partial charge in [0.25, 0.3) is 5.91 Å². The number of carbonyl (C=O) groups excluding carboxylic acids is 1. The van der Waals surface area contributed by atoms with E-state index in [4.69, 9.17) is 20.2 Å². The van der Waals surface area contributed by atoms with E-state index in [0.29, 0.717) is 44.4 Å². The number of nitrogens with two attached hydrogens (primary N) is 1. The lowest BCUT2D eigenvalue weighted by Crippen LogP contribution is -2.53. The molecule has 1 aromatic heterocycles. The van der Waals surface area contributed by atoms with Crippen molar-refractivity contribution in [1.82, 2.24) is 14.9 Å². The molecule has 1 unspecified atom stereocenters. The minimum Gasteiger partial charge on any atom is -0.496 e. The predicted molar refractivity (Wildman–Crippen MR) is 135 cm³/mol. The predicted octanol–water partition coefficient (Wildman–Crippen LogP) is 3.60. The monoisotopic (exact) mass is 463 g/mol. The van der Waals surface area contributed by atoms with Gasteiger partial charge in [0.1, 0.15) is 17.3 Å². The lowest BCUT2D eigenvalue weighted by Gasteiger charge is -2.37. The lowest BCUT2D eigenvalue weighted by atomic mass is 10.0. The first-order valence-electron chi connectivity index (χ1n) is 11.9. The summed E-state index contributed by atoms with van der Waals surface area (Å²) < 4.78 is 11.4. The highest BCUT2D eigenvalue weighted by Gasteiger charge is 2.32. The molecule has 1 saturated heterocycles. The summed E-state index contributed by atoms with van der Waals surface area (Å²) in [4.78, 5) is 26.3. The standard InChI is InChI=1S/C24H27N5O3.C2H6/c1-15-13-17-18(14-21(15)31-2)26-24(27-22(17)25)29-11-9-28(10-12-29)23(30)20-8-7-16-5-3-4-6-19(16)32-20;1-2/h3-6,13-14,20H,7-12H2,1-2H3,(H2,25,26,27);1-2H3. The van der Waals surface area contributed by atoms with E-state index in [9.17, 15) is 4.79 Å². The second-order valence-corrected chi connectivity index (χ2v) is 8.31. The summed E-state index contributed by atoms with van der Waals surface area (Å²) in [6, 6.07) is 11.8. The van der Waals surface area contributed by atoms with E-state index in [-0.39, 0.29) is 5.91 Å². The average Bonchev–Trinajstić information content (AvgIpc) is 2.89. The number of carbonyl (C=O) groups is 1. The highest BCUT2D eigenvalue weighted by molar-refractivity contribution is 5.91. The number of ether oxygens (including phenoxy) is 2. The Kier molecular flexibility index (Phi) is 7.05. The largest absolute Gasteiger partial charge is 0.496 e. The molecule has 0 spiro atoms. The van der Waals surface area contributed by atoms with E-state index in [2.05, 4.69) is 16.0 Å². The second-order valence-electron chi connectivity index (χ2n) is 8.31. The van der Waals surface area contributed by atoms with Crippen LogP contribution in [0.15, 0.2) is 36.4 Å². The normalized spacial score (nSPS) is 17.4. The van der Waals surface area contributed by atoms with Gasteiger partial charge in [-0.15, -0.1) is 0 Å². The number of nitrogens with zero attached hydrogens (tertiary/aromatic N) is 4. The Morgan fingerprint density at radius 3 is 2.59 bits per heavy atom. The fraction of sp³-hybridized carbons (Fsp3) is 0.423. The Morgan fingerprint density at radius 1 is 1.12 bits per heavy atom. The van der Waals surface area contributed by atoms with Gasteiger partial charge in [-0.25, -0.2) is 4.98 Å². The maximum Gasteiger partial charge on any atom is 0.263 e. The maximum atomic E-state index is 13.1. The molecule has 5 rings (SSSR count). The van der Waals surface area contributed by atoms with Crippen LogP contribution in [0.3, 0.4) is 0 Å². The van der Waals surface area contributed by atoms with E-state index in [0.717, 1.165) is 34.4 Å². The zero-order valence-electron chi connectivity index (χ0n) is 20.4. The zero-order valence-corrected chi connectivity index (χ0v) is 20.4. The maximum absolute atomic E-state index is 13.1. The number of methoxy groups -OCH3 is 1. The molecule has 2 aromatic carbocycles. The summed E-state index contributed by atoms with van der Waals surface area (Å²) in [6.45, 7) is 8.44. The number of hydrogen-bond acceptors (Lipinski definition) is 7. The molecule has 0 bridgehead atoms. The number of aryl methyl sites for hydroxylation is 2. The van der Waals surface area contributed by atoms with E-state index in [1.165, 1.54) is 5.56 Å². The van der Waals surface area contributed by atoms with E-state index >= 15 is 0 Å². The second kappa shape index (κ2) is 10.2. The average molecular weight is 464 g/mol. The number of anilines is 2. The molecular weight excluding hydrogens is 430 g/mol. The molecule has 3 heterocycles. The molecule has 1 fully saturated rings. The molecular formula is C26H33N5O3. The topological polar surface area (TPSA) is 93.8 Å². The zero-order chi connectivity index (χ0) is 24.2. The van der Waals surface area contributed by atoms with Crippen LogP contribution in [0.2, 0.25) is 0 Å². The highest BCUT2D eigenvalue weighted by Crippen LogP contribution is 2.30. The van der Waals surface area contributed by atoms with Gasteiger partial charge in [-0.1, -0.05) is 32.0 Å². The van der Waals surface area contributed by atoms with Gasteiger partial charge < -0.3 is 25.0 Å². The molecule has 0 aliphatic carbocycles. The van der Waals surface area contributed by atoms with Gasteiger partial charge >= 0.3 is 0 Å². The Balaban J connectivity index is 0.00000133. The van der Waals surface area contributed by atoms with Crippen LogP contribution in [0, 0.1) is 6.92 Å². The molecule has 0 saturated carbocycles. The number of rotatable bonds is 3. The third-order valence-electron chi connectivity index (χ3n) is 6.30. The van der Waals surface area contributed by atoms with Crippen LogP contribution < -0.4 is 20.1 Å². The number of benzene rings is 2. The number of para-hydroxylation sites is 1. The molecule has 2 aliphatic rings.